The van der Waals surface area contributed by atoms with Gasteiger partial charge < -0.3 is 9.84 Å². The number of alkyl halides is 4. The summed E-state index contributed by atoms with van der Waals surface area (Å²) in [6.07, 6.45) is -4.99. The first-order valence-electron chi connectivity index (χ1n) is 3.99. The molecule has 0 fully saturated rings. The van der Waals surface area contributed by atoms with E-state index in [1.807, 2.05) is 0 Å². The number of nitrogens with zero attached hydrogens (tertiary/aromatic N) is 1. The summed E-state index contributed by atoms with van der Waals surface area (Å²) < 4.78 is 51.7. The fraction of sp³-hybridized carbons (Fsp3) is 0.250. The molecule has 0 amide bonds. The second-order valence-corrected chi connectivity index (χ2v) is 3.93. The van der Waals surface area contributed by atoms with Gasteiger partial charge in [-0.05, 0) is 28.7 Å². The molecular formula is C8H4F4INO3. The molecular weight excluding hydrogens is 361 g/mol. The van der Waals surface area contributed by atoms with Gasteiger partial charge in [0.2, 0.25) is 5.88 Å². The van der Waals surface area contributed by atoms with E-state index in [0.29, 0.717) is 0 Å². The third kappa shape index (κ3) is 3.68. The van der Waals surface area contributed by atoms with Gasteiger partial charge in [-0.1, -0.05) is 0 Å². The highest BCUT2D eigenvalue weighted by atomic mass is 127. The first-order valence-corrected chi connectivity index (χ1v) is 5.07. The van der Waals surface area contributed by atoms with Gasteiger partial charge in [-0.15, -0.1) is 13.2 Å². The Labute approximate surface area is 106 Å². The maximum absolute atomic E-state index is 12.4. The molecule has 1 aromatic rings. The Morgan fingerprint density at radius 1 is 1.53 bits per heavy atom. The lowest BCUT2D eigenvalue weighted by Gasteiger charge is -2.11. The van der Waals surface area contributed by atoms with E-state index in [4.69, 9.17) is 5.11 Å². The summed E-state index contributed by atoms with van der Waals surface area (Å²) in [7, 11) is 0. The second-order valence-electron chi connectivity index (χ2n) is 2.77. The molecule has 0 radical (unpaired) electrons. The third-order valence-electron chi connectivity index (χ3n) is 1.58. The van der Waals surface area contributed by atoms with Gasteiger partial charge in [-0.2, -0.15) is 0 Å². The van der Waals surface area contributed by atoms with Crippen LogP contribution in [0.4, 0.5) is 17.6 Å². The molecule has 0 atom stereocenters. The number of aromatic carboxylic acids is 1. The van der Waals surface area contributed by atoms with Crippen LogP contribution in [0.25, 0.3) is 0 Å². The molecule has 0 bridgehead atoms. The molecule has 1 heterocycles. The van der Waals surface area contributed by atoms with Crippen LogP contribution in [0.2, 0.25) is 0 Å². The molecule has 0 aliphatic heterocycles. The molecule has 17 heavy (non-hydrogen) atoms. The Hall–Kier alpha value is -1.13. The van der Waals surface area contributed by atoms with Crippen LogP contribution in [-0.4, -0.2) is 22.4 Å². The highest BCUT2D eigenvalue weighted by molar-refractivity contribution is 14.1. The highest BCUT2D eigenvalue weighted by Crippen LogP contribution is 2.27. The third-order valence-corrected chi connectivity index (χ3v) is 2.35. The minimum atomic E-state index is -4.99. The van der Waals surface area contributed by atoms with Gasteiger partial charge in [0.15, 0.2) is 5.69 Å². The van der Waals surface area contributed by atoms with E-state index >= 15 is 0 Å². The number of carboxylic acids is 1. The van der Waals surface area contributed by atoms with Crippen LogP contribution in [0.5, 0.6) is 5.88 Å². The monoisotopic (exact) mass is 365 g/mol. The zero-order valence-electron chi connectivity index (χ0n) is 7.89. The summed E-state index contributed by atoms with van der Waals surface area (Å²) in [5.41, 5.74) is -1.11. The number of rotatable bonds is 3. The fourth-order valence-electron chi connectivity index (χ4n) is 0.978. The zero-order chi connectivity index (χ0) is 13.2. The predicted octanol–water partition coefficient (Wildman–Crippen LogP) is 2.75. The molecule has 0 unspecified atom stereocenters. The molecule has 0 spiro atoms. The van der Waals surface area contributed by atoms with E-state index in [1.54, 1.807) is 0 Å². The van der Waals surface area contributed by atoms with Crippen LogP contribution in [-0.2, 0) is 6.67 Å². The largest absolute Gasteiger partial charge is 0.574 e. The van der Waals surface area contributed by atoms with E-state index in [0.717, 1.165) is 6.07 Å². The number of carboxylic acid groups (broad SMARTS) is 1. The van der Waals surface area contributed by atoms with Crippen LogP contribution < -0.4 is 4.74 Å². The normalized spacial score (nSPS) is 11.4. The predicted molar refractivity (Wildman–Crippen MR) is 55.4 cm³/mol. The molecule has 0 saturated carbocycles. The first kappa shape index (κ1) is 13.9. The van der Waals surface area contributed by atoms with Crippen molar-refractivity contribution in [3.8, 4) is 5.88 Å². The number of halogens is 5. The van der Waals surface area contributed by atoms with Gasteiger partial charge in [0.05, 0.1) is 3.57 Å². The number of pyridine rings is 1. The van der Waals surface area contributed by atoms with Crippen LogP contribution in [0.15, 0.2) is 6.07 Å². The molecule has 4 nitrogen and oxygen atoms in total. The van der Waals surface area contributed by atoms with Crippen molar-refractivity contribution in [2.24, 2.45) is 0 Å². The van der Waals surface area contributed by atoms with Crippen molar-refractivity contribution in [3.63, 3.8) is 0 Å². The molecule has 1 N–H and O–H groups in total. The average molecular weight is 365 g/mol. The number of ether oxygens (including phenoxy) is 1. The van der Waals surface area contributed by atoms with E-state index in [9.17, 15) is 22.4 Å². The minimum Gasteiger partial charge on any atom is -0.476 e. The lowest BCUT2D eigenvalue weighted by Crippen LogP contribution is -2.20. The lowest BCUT2D eigenvalue weighted by atomic mass is 10.2. The Bertz CT molecular complexity index is 449. The molecule has 1 aromatic heterocycles. The van der Waals surface area contributed by atoms with Gasteiger partial charge in [0, 0.05) is 5.56 Å². The minimum absolute atomic E-state index is 0.127. The van der Waals surface area contributed by atoms with Crippen molar-refractivity contribution < 1.29 is 32.2 Å². The number of hydrogen-bond donors (Lipinski definition) is 1. The highest BCUT2D eigenvalue weighted by Gasteiger charge is 2.33. The SMILES string of the molecule is O=C(O)c1nc(OC(F)(F)F)c(I)cc1CF. The van der Waals surface area contributed by atoms with Gasteiger partial charge in [0.25, 0.3) is 0 Å². The summed E-state index contributed by atoms with van der Waals surface area (Å²) in [5.74, 6) is -2.53. The summed E-state index contributed by atoms with van der Waals surface area (Å²) in [6, 6.07) is 0.943. The second kappa shape index (κ2) is 5.02. The molecule has 0 saturated heterocycles. The fourth-order valence-corrected chi connectivity index (χ4v) is 1.58. The summed E-state index contributed by atoms with van der Waals surface area (Å²) >= 11 is 1.44. The quantitative estimate of drug-likeness (QED) is 0.661. The molecule has 0 aliphatic carbocycles. The molecule has 0 aromatic carbocycles. The van der Waals surface area contributed by atoms with E-state index in [1.165, 1.54) is 22.6 Å². The van der Waals surface area contributed by atoms with Crippen molar-refractivity contribution in [2.75, 3.05) is 0 Å². The molecule has 0 aliphatic rings. The van der Waals surface area contributed by atoms with E-state index in [2.05, 4.69) is 9.72 Å². The lowest BCUT2D eigenvalue weighted by molar-refractivity contribution is -0.276. The Balaban J connectivity index is 3.25. The summed E-state index contributed by atoms with van der Waals surface area (Å²) in [5, 5.41) is 8.64. The smallest absolute Gasteiger partial charge is 0.476 e. The summed E-state index contributed by atoms with van der Waals surface area (Å²) in [4.78, 5) is 13.8. The molecule has 94 valence electrons. The van der Waals surface area contributed by atoms with Crippen LogP contribution >= 0.6 is 22.6 Å². The standard InChI is InChI=1S/C8H4F4INO3/c9-2-3-1-4(13)6(17-8(10,11)12)14-5(3)7(15)16/h1H,2H2,(H,15,16). The number of hydrogen-bond acceptors (Lipinski definition) is 3. The van der Waals surface area contributed by atoms with E-state index in [-0.39, 0.29) is 9.13 Å². The zero-order valence-corrected chi connectivity index (χ0v) is 10.0. The van der Waals surface area contributed by atoms with Crippen molar-refractivity contribution in [2.45, 2.75) is 13.0 Å². The Morgan fingerprint density at radius 3 is 2.53 bits per heavy atom. The van der Waals surface area contributed by atoms with Crippen molar-refractivity contribution in [1.29, 1.82) is 0 Å². The van der Waals surface area contributed by atoms with Crippen LogP contribution in [0, 0.1) is 3.57 Å². The number of aromatic nitrogens is 1. The molecule has 9 heteroatoms. The van der Waals surface area contributed by atoms with Crippen molar-refractivity contribution in [3.05, 3.63) is 20.9 Å². The van der Waals surface area contributed by atoms with Gasteiger partial charge in [-0.3, -0.25) is 0 Å². The maximum atomic E-state index is 12.4. The summed E-state index contributed by atoms with van der Waals surface area (Å²) in [6.45, 7) is -1.14. The van der Waals surface area contributed by atoms with E-state index < -0.39 is 30.6 Å². The maximum Gasteiger partial charge on any atom is 0.574 e. The van der Waals surface area contributed by atoms with Gasteiger partial charge in [0.1, 0.15) is 6.67 Å². The van der Waals surface area contributed by atoms with Crippen molar-refractivity contribution in [1.82, 2.24) is 4.98 Å². The van der Waals surface area contributed by atoms with Crippen LogP contribution in [0.1, 0.15) is 16.1 Å². The van der Waals surface area contributed by atoms with Crippen LogP contribution in [0.3, 0.4) is 0 Å². The van der Waals surface area contributed by atoms with Gasteiger partial charge >= 0.3 is 12.3 Å². The molecule has 1 rings (SSSR count). The number of carbonyl (C=O) groups is 1. The average Bonchev–Trinajstić information content (AvgIpc) is 2.18. The topological polar surface area (TPSA) is 59.4 Å². The Kier molecular flexibility index (Phi) is 4.11. The first-order chi connectivity index (χ1) is 7.74. The Morgan fingerprint density at radius 2 is 2.12 bits per heavy atom. The van der Waals surface area contributed by atoms with Crippen molar-refractivity contribution >= 4 is 28.6 Å². The van der Waals surface area contributed by atoms with Gasteiger partial charge in [-0.25, -0.2) is 14.2 Å².